The average Bonchev–Trinajstić information content (AvgIpc) is 2.88. The summed E-state index contributed by atoms with van der Waals surface area (Å²) in [6, 6.07) is 7.93. The van der Waals surface area contributed by atoms with Gasteiger partial charge in [0.25, 0.3) is 0 Å². The number of nitrogens with zero attached hydrogens (tertiary/aromatic N) is 4. The molecule has 1 aromatic carbocycles. The molecule has 102 valence electrons. The minimum Gasteiger partial charge on any atom is -0.337 e. The number of benzene rings is 1. The molecule has 0 spiro atoms. The molecule has 0 radical (unpaired) electrons. The van der Waals surface area contributed by atoms with E-state index >= 15 is 0 Å². The Morgan fingerprint density at radius 3 is 2.65 bits per heavy atom. The lowest BCUT2D eigenvalue weighted by Crippen LogP contribution is -2.21. The van der Waals surface area contributed by atoms with E-state index in [2.05, 4.69) is 41.2 Å². The van der Waals surface area contributed by atoms with Crippen LogP contribution in [0.4, 0.5) is 11.5 Å². The molecule has 2 heterocycles. The monoisotopic (exact) mass is 267 g/mol. The first kappa shape index (κ1) is 12.6. The maximum atomic E-state index is 4.37. The zero-order valence-electron chi connectivity index (χ0n) is 11.8. The van der Waals surface area contributed by atoms with E-state index in [9.17, 15) is 0 Å². The third-order valence-corrected chi connectivity index (χ3v) is 3.08. The number of anilines is 2. The smallest absolute Gasteiger partial charge is 0.141 e. The van der Waals surface area contributed by atoms with Gasteiger partial charge in [0.2, 0.25) is 0 Å². The van der Waals surface area contributed by atoms with Crippen LogP contribution < -0.4 is 5.32 Å². The van der Waals surface area contributed by atoms with E-state index in [4.69, 9.17) is 0 Å². The summed E-state index contributed by atoms with van der Waals surface area (Å²) < 4.78 is 1.93. The molecule has 0 saturated heterocycles. The summed E-state index contributed by atoms with van der Waals surface area (Å²) >= 11 is 0. The number of fused-ring (bicyclic) bond motifs is 1. The fraction of sp³-hybridized carbons (Fsp3) is 0.267. The summed E-state index contributed by atoms with van der Waals surface area (Å²) in [6.07, 6.45) is 5.36. The molecule has 0 fully saturated rings. The number of aromatic nitrogens is 4. The van der Waals surface area contributed by atoms with Gasteiger partial charge >= 0.3 is 0 Å². The summed E-state index contributed by atoms with van der Waals surface area (Å²) in [7, 11) is 0. The van der Waals surface area contributed by atoms with Gasteiger partial charge in [0.05, 0.1) is 22.9 Å². The molecule has 5 nitrogen and oxygen atoms in total. The van der Waals surface area contributed by atoms with Gasteiger partial charge in [-0.1, -0.05) is 12.1 Å². The maximum Gasteiger partial charge on any atom is 0.141 e. The van der Waals surface area contributed by atoms with Crippen molar-refractivity contribution in [3.8, 4) is 0 Å². The van der Waals surface area contributed by atoms with Crippen LogP contribution in [0, 0.1) is 0 Å². The summed E-state index contributed by atoms with van der Waals surface area (Å²) in [5.41, 5.74) is 1.81. The highest BCUT2D eigenvalue weighted by molar-refractivity contribution is 5.90. The van der Waals surface area contributed by atoms with Crippen molar-refractivity contribution in [1.82, 2.24) is 19.7 Å². The molecule has 0 atom stereocenters. The van der Waals surface area contributed by atoms with Crippen LogP contribution in [-0.2, 0) is 5.54 Å². The largest absolute Gasteiger partial charge is 0.337 e. The first-order valence-electron chi connectivity index (χ1n) is 6.56. The third kappa shape index (κ3) is 2.34. The molecule has 0 saturated carbocycles. The normalized spacial score (nSPS) is 11.8. The Bertz CT molecular complexity index is 734. The summed E-state index contributed by atoms with van der Waals surface area (Å²) in [6.45, 7) is 6.34. The van der Waals surface area contributed by atoms with Crippen molar-refractivity contribution < 1.29 is 0 Å². The van der Waals surface area contributed by atoms with Crippen LogP contribution in [0.1, 0.15) is 20.8 Å². The lowest BCUT2D eigenvalue weighted by Gasteiger charge is -2.18. The lowest BCUT2D eigenvalue weighted by molar-refractivity contribution is 0.355. The van der Waals surface area contributed by atoms with Gasteiger partial charge in [-0.05, 0) is 32.9 Å². The first-order valence-corrected chi connectivity index (χ1v) is 6.56. The van der Waals surface area contributed by atoms with Gasteiger partial charge in [-0.2, -0.15) is 5.10 Å². The van der Waals surface area contributed by atoms with E-state index in [1.165, 1.54) is 0 Å². The average molecular weight is 267 g/mol. The van der Waals surface area contributed by atoms with Crippen LogP contribution in [-0.4, -0.2) is 19.7 Å². The second kappa shape index (κ2) is 4.59. The van der Waals surface area contributed by atoms with Crippen molar-refractivity contribution >= 4 is 22.4 Å². The van der Waals surface area contributed by atoms with E-state index in [1.807, 2.05) is 41.3 Å². The van der Waals surface area contributed by atoms with Gasteiger partial charge in [0.15, 0.2) is 0 Å². The number of hydrogen-bond donors (Lipinski definition) is 1. The minimum absolute atomic E-state index is 0.0341. The Morgan fingerprint density at radius 2 is 1.90 bits per heavy atom. The van der Waals surface area contributed by atoms with E-state index in [0.717, 1.165) is 22.4 Å². The zero-order chi connectivity index (χ0) is 14.2. The molecule has 0 aliphatic rings. The van der Waals surface area contributed by atoms with Crippen molar-refractivity contribution in [2.45, 2.75) is 26.3 Å². The molecule has 3 rings (SSSR count). The van der Waals surface area contributed by atoms with Crippen LogP contribution in [0.2, 0.25) is 0 Å². The van der Waals surface area contributed by atoms with Gasteiger partial charge in [-0.15, -0.1) is 0 Å². The van der Waals surface area contributed by atoms with Crippen molar-refractivity contribution in [2.24, 2.45) is 0 Å². The van der Waals surface area contributed by atoms with Crippen LogP contribution in [0.3, 0.4) is 0 Å². The number of para-hydroxylation sites is 1. The fourth-order valence-electron chi connectivity index (χ4n) is 2.00. The molecular formula is C15H17N5. The quantitative estimate of drug-likeness (QED) is 0.773. The molecule has 2 aromatic heterocycles. The van der Waals surface area contributed by atoms with Crippen molar-refractivity contribution in [3.05, 3.63) is 43.0 Å². The fourth-order valence-corrected chi connectivity index (χ4v) is 2.00. The van der Waals surface area contributed by atoms with E-state index in [0.29, 0.717) is 0 Å². The molecule has 20 heavy (non-hydrogen) atoms. The Hall–Kier alpha value is -2.43. The Labute approximate surface area is 117 Å². The molecule has 0 aliphatic heterocycles. The molecule has 0 amide bonds. The van der Waals surface area contributed by atoms with E-state index in [-0.39, 0.29) is 5.54 Å². The van der Waals surface area contributed by atoms with Gasteiger partial charge in [-0.25, -0.2) is 9.97 Å². The Morgan fingerprint density at radius 1 is 1.10 bits per heavy atom. The highest BCUT2D eigenvalue weighted by Crippen LogP contribution is 2.23. The number of nitrogens with one attached hydrogen (secondary N) is 1. The molecule has 0 unspecified atom stereocenters. The van der Waals surface area contributed by atoms with Crippen molar-refractivity contribution in [3.63, 3.8) is 0 Å². The second-order valence-corrected chi connectivity index (χ2v) is 5.71. The molecular weight excluding hydrogens is 250 g/mol. The number of rotatable bonds is 2. The Kier molecular flexibility index (Phi) is 2.89. The molecule has 5 heteroatoms. The zero-order valence-corrected chi connectivity index (χ0v) is 11.8. The maximum absolute atomic E-state index is 4.37. The molecule has 0 bridgehead atoms. The van der Waals surface area contributed by atoms with Gasteiger partial charge in [-0.3, -0.25) is 4.68 Å². The summed E-state index contributed by atoms with van der Waals surface area (Å²) in [5.74, 6) is 0.795. The molecule has 0 aliphatic carbocycles. The predicted molar refractivity (Wildman–Crippen MR) is 80.0 cm³/mol. The topological polar surface area (TPSA) is 55.6 Å². The predicted octanol–water partition coefficient (Wildman–Crippen LogP) is 3.32. The standard InChI is InChI=1S/C15H17N5/c1-15(2,3)20-9-11(8-18-20)19-14-12-6-4-5-7-13(12)16-10-17-14/h4-10H,1-3H3,(H,16,17,19). The van der Waals surface area contributed by atoms with E-state index in [1.54, 1.807) is 6.33 Å². The Balaban J connectivity index is 1.96. The van der Waals surface area contributed by atoms with Gasteiger partial charge < -0.3 is 5.32 Å². The molecule has 3 aromatic rings. The van der Waals surface area contributed by atoms with Gasteiger partial charge in [0.1, 0.15) is 12.1 Å². The highest BCUT2D eigenvalue weighted by Gasteiger charge is 2.14. The first-order chi connectivity index (χ1) is 9.54. The van der Waals surface area contributed by atoms with Crippen molar-refractivity contribution in [1.29, 1.82) is 0 Å². The summed E-state index contributed by atoms with van der Waals surface area (Å²) in [4.78, 5) is 8.57. The van der Waals surface area contributed by atoms with Gasteiger partial charge in [0, 0.05) is 11.6 Å². The minimum atomic E-state index is -0.0341. The van der Waals surface area contributed by atoms with Crippen LogP contribution >= 0.6 is 0 Å². The van der Waals surface area contributed by atoms with Crippen LogP contribution in [0.5, 0.6) is 0 Å². The summed E-state index contributed by atoms with van der Waals surface area (Å²) in [5, 5.41) is 8.68. The van der Waals surface area contributed by atoms with E-state index < -0.39 is 0 Å². The third-order valence-electron chi connectivity index (χ3n) is 3.08. The molecule has 1 N–H and O–H groups in total. The lowest BCUT2D eigenvalue weighted by atomic mass is 10.1. The highest BCUT2D eigenvalue weighted by atomic mass is 15.3. The van der Waals surface area contributed by atoms with Crippen LogP contribution in [0.25, 0.3) is 10.9 Å². The number of hydrogen-bond acceptors (Lipinski definition) is 4. The SMILES string of the molecule is CC(C)(C)n1cc(Nc2ncnc3ccccc23)cn1. The van der Waals surface area contributed by atoms with Crippen molar-refractivity contribution in [2.75, 3.05) is 5.32 Å². The second-order valence-electron chi connectivity index (χ2n) is 5.71. The van der Waals surface area contributed by atoms with Crippen LogP contribution in [0.15, 0.2) is 43.0 Å².